The molecule has 1 aliphatic rings. The summed E-state index contributed by atoms with van der Waals surface area (Å²) in [5, 5.41) is 5.46. The van der Waals surface area contributed by atoms with Gasteiger partial charge in [-0.15, -0.1) is 0 Å². The first-order chi connectivity index (χ1) is 10.1. The van der Waals surface area contributed by atoms with Crippen LogP contribution in [0.4, 0.5) is 4.39 Å². The van der Waals surface area contributed by atoms with Crippen molar-refractivity contribution >= 4 is 11.8 Å². The molecule has 4 nitrogen and oxygen atoms in total. The minimum Gasteiger partial charge on any atom is -0.350 e. The van der Waals surface area contributed by atoms with Gasteiger partial charge in [0.2, 0.25) is 11.8 Å². The molecule has 0 unspecified atom stereocenters. The van der Waals surface area contributed by atoms with Gasteiger partial charge in [-0.2, -0.15) is 0 Å². The SMILES string of the molecule is CC(=O)N[C@@H](C(=O)NCc1ccccc1F)C1CCCC1. The molecule has 1 saturated carbocycles. The van der Waals surface area contributed by atoms with E-state index < -0.39 is 6.04 Å². The number of rotatable bonds is 5. The highest BCUT2D eigenvalue weighted by atomic mass is 19.1. The molecule has 1 aromatic rings. The predicted octanol–water partition coefficient (Wildman–Crippen LogP) is 2.14. The average molecular weight is 292 g/mol. The van der Waals surface area contributed by atoms with Crippen LogP contribution in [-0.2, 0) is 16.1 Å². The van der Waals surface area contributed by atoms with Crippen LogP contribution in [0.25, 0.3) is 0 Å². The van der Waals surface area contributed by atoms with Crippen LogP contribution in [0.5, 0.6) is 0 Å². The maximum Gasteiger partial charge on any atom is 0.243 e. The van der Waals surface area contributed by atoms with E-state index in [-0.39, 0.29) is 30.1 Å². The van der Waals surface area contributed by atoms with Crippen molar-refractivity contribution in [1.29, 1.82) is 0 Å². The number of nitrogens with one attached hydrogen (secondary N) is 2. The van der Waals surface area contributed by atoms with Gasteiger partial charge >= 0.3 is 0 Å². The van der Waals surface area contributed by atoms with Crippen molar-refractivity contribution in [2.75, 3.05) is 0 Å². The third kappa shape index (κ3) is 4.28. The topological polar surface area (TPSA) is 58.2 Å². The molecule has 0 spiro atoms. The molecule has 0 aliphatic heterocycles. The van der Waals surface area contributed by atoms with Crippen molar-refractivity contribution in [2.24, 2.45) is 5.92 Å². The Morgan fingerprint density at radius 2 is 1.95 bits per heavy atom. The van der Waals surface area contributed by atoms with Gasteiger partial charge in [-0.05, 0) is 24.8 Å². The van der Waals surface area contributed by atoms with Crippen LogP contribution in [0.15, 0.2) is 24.3 Å². The van der Waals surface area contributed by atoms with E-state index in [0.717, 1.165) is 25.7 Å². The van der Waals surface area contributed by atoms with Crippen LogP contribution in [0.1, 0.15) is 38.2 Å². The fourth-order valence-corrected chi connectivity index (χ4v) is 2.84. The average Bonchev–Trinajstić information content (AvgIpc) is 2.97. The Balaban J connectivity index is 1.97. The molecule has 5 heteroatoms. The Kier molecular flexibility index (Phi) is 5.31. The maximum absolute atomic E-state index is 13.5. The number of amides is 2. The molecule has 2 rings (SSSR count). The van der Waals surface area contributed by atoms with E-state index in [9.17, 15) is 14.0 Å². The molecule has 1 atom stereocenters. The molecule has 0 radical (unpaired) electrons. The van der Waals surface area contributed by atoms with Crippen LogP contribution in [-0.4, -0.2) is 17.9 Å². The fourth-order valence-electron chi connectivity index (χ4n) is 2.84. The second-order valence-electron chi connectivity index (χ2n) is 5.53. The molecular weight excluding hydrogens is 271 g/mol. The zero-order valence-electron chi connectivity index (χ0n) is 12.2. The summed E-state index contributed by atoms with van der Waals surface area (Å²) in [6.45, 7) is 1.54. The van der Waals surface area contributed by atoms with Gasteiger partial charge in [0.15, 0.2) is 0 Å². The number of carbonyl (C=O) groups is 2. The van der Waals surface area contributed by atoms with Crippen LogP contribution in [0.3, 0.4) is 0 Å². The van der Waals surface area contributed by atoms with Gasteiger partial charge in [0.05, 0.1) is 0 Å². The smallest absolute Gasteiger partial charge is 0.243 e. The van der Waals surface area contributed by atoms with Crippen molar-refractivity contribution in [2.45, 2.75) is 45.2 Å². The lowest BCUT2D eigenvalue weighted by atomic mass is 9.97. The Morgan fingerprint density at radius 1 is 1.29 bits per heavy atom. The monoisotopic (exact) mass is 292 g/mol. The van der Waals surface area contributed by atoms with E-state index in [2.05, 4.69) is 10.6 Å². The minimum absolute atomic E-state index is 0.133. The molecule has 0 saturated heterocycles. The van der Waals surface area contributed by atoms with Gasteiger partial charge in [-0.1, -0.05) is 31.0 Å². The van der Waals surface area contributed by atoms with Crippen LogP contribution < -0.4 is 10.6 Å². The van der Waals surface area contributed by atoms with Crippen LogP contribution >= 0.6 is 0 Å². The highest BCUT2D eigenvalue weighted by Gasteiger charge is 2.31. The highest BCUT2D eigenvalue weighted by Crippen LogP contribution is 2.28. The first kappa shape index (κ1) is 15.5. The fraction of sp³-hybridized carbons (Fsp3) is 0.500. The second-order valence-corrected chi connectivity index (χ2v) is 5.53. The van der Waals surface area contributed by atoms with Gasteiger partial charge in [0.25, 0.3) is 0 Å². The van der Waals surface area contributed by atoms with Crippen molar-refractivity contribution in [1.82, 2.24) is 10.6 Å². The largest absolute Gasteiger partial charge is 0.350 e. The van der Waals surface area contributed by atoms with Gasteiger partial charge in [0.1, 0.15) is 11.9 Å². The first-order valence-electron chi connectivity index (χ1n) is 7.36. The van der Waals surface area contributed by atoms with Crippen molar-refractivity contribution in [3.05, 3.63) is 35.6 Å². The number of halogens is 1. The lowest BCUT2D eigenvalue weighted by molar-refractivity contribution is -0.129. The van der Waals surface area contributed by atoms with Gasteiger partial charge in [0, 0.05) is 19.0 Å². The van der Waals surface area contributed by atoms with Crippen LogP contribution in [0, 0.1) is 11.7 Å². The summed E-state index contributed by atoms with van der Waals surface area (Å²) in [6.07, 6.45) is 4.05. The summed E-state index contributed by atoms with van der Waals surface area (Å²) in [6, 6.07) is 5.82. The minimum atomic E-state index is -0.517. The number of hydrogen-bond donors (Lipinski definition) is 2. The molecule has 0 bridgehead atoms. The molecule has 2 amide bonds. The Morgan fingerprint density at radius 3 is 2.57 bits per heavy atom. The van der Waals surface area contributed by atoms with Crippen molar-refractivity contribution in [3.63, 3.8) is 0 Å². The lowest BCUT2D eigenvalue weighted by Gasteiger charge is -2.23. The number of benzene rings is 1. The van der Waals surface area contributed by atoms with Gasteiger partial charge in [-0.25, -0.2) is 4.39 Å². The normalized spacial score (nSPS) is 16.5. The molecule has 2 N–H and O–H groups in total. The Hall–Kier alpha value is -1.91. The summed E-state index contributed by atoms with van der Waals surface area (Å²) in [4.78, 5) is 23.6. The Labute approximate surface area is 124 Å². The lowest BCUT2D eigenvalue weighted by Crippen LogP contribution is -2.49. The molecule has 21 heavy (non-hydrogen) atoms. The summed E-state index contributed by atoms with van der Waals surface area (Å²) in [7, 11) is 0. The van der Waals surface area contributed by atoms with E-state index in [0.29, 0.717) is 5.56 Å². The standard InChI is InChI=1S/C16H21FN2O2/c1-11(20)19-15(12-6-2-3-7-12)16(21)18-10-13-8-4-5-9-14(13)17/h4-5,8-9,12,15H,2-3,6-7,10H2,1H3,(H,18,21)(H,19,20)/t15-/m1/s1. The molecule has 0 heterocycles. The van der Waals surface area contributed by atoms with E-state index in [1.165, 1.54) is 13.0 Å². The van der Waals surface area contributed by atoms with Crippen LogP contribution in [0.2, 0.25) is 0 Å². The van der Waals surface area contributed by atoms with Crippen molar-refractivity contribution < 1.29 is 14.0 Å². The molecule has 114 valence electrons. The molecule has 0 aromatic heterocycles. The molecule has 1 aromatic carbocycles. The second kappa shape index (κ2) is 7.20. The molecular formula is C16H21FN2O2. The summed E-state index contributed by atoms with van der Waals surface area (Å²) in [5.74, 6) is -0.613. The zero-order valence-corrected chi connectivity index (χ0v) is 12.2. The Bertz CT molecular complexity index is 513. The number of carbonyl (C=O) groups excluding carboxylic acids is 2. The van der Waals surface area contributed by atoms with E-state index in [4.69, 9.17) is 0 Å². The zero-order chi connectivity index (χ0) is 15.2. The molecule has 1 aliphatic carbocycles. The molecule has 1 fully saturated rings. The number of hydrogen-bond acceptors (Lipinski definition) is 2. The van der Waals surface area contributed by atoms with Gasteiger partial charge < -0.3 is 10.6 Å². The van der Waals surface area contributed by atoms with E-state index in [1.807, 2.05) is 0 Å². The van der Waals surface area contributed by atoms with E-state index in [1.54, 1.807) is 18.2 Å². The van der Waals surface area contributed by atoms with Crippen molar-refractivity contribution in [3.8, 4) is 0 Å². The first-order valence-corrected chi connectivity index (χ1v) is 7.36. The summed E-state index contributed by atoms with van der Waals surface area (Å²) in [5.41, 5.74) is 0.443. The third-order valence-electron chi connectivity index (χ3n) is 3.92. The third-order valence-corrected chi connectivity index (χ3v) is 3.92. The van der Waals surface area contributed by atoms with Gasteiger partial charge in [-0.3, -0.25) is 9.59 Å². The van der Waals surface area contributed by atoms with E-state index >= 15 is 0 Å². The predicted molar refractivity (Wildman–Crippen MR) is 77.8 cm³/mol. The summed E-state index contributed by atoms with van der Waals surface area (Å²) >= 11 is 0. The quantitative estimate of drug-likeness (QED) is 0.873. The maximum atomic E-state index is 13.5. The summed E-state index contributed by atoms with van der Waals surface area (Å²) < 4.78 is 13.5. The highest BCUT2D eigenvalue weighted by molar-refractivity contribution is 5.87.